The van der Waals surface area contributed by atoms with E-state index in [9.17, 15) is 4.79 Å². The van der Waals surface area contributed by atoms with Gasteiger partial charge in [0.25, 0.3) is 5.91 Å². The lowest BCUT2D eigenvalue weighted by molar-refractivity contribution is -0.115. The topological polar surface area (TPSA) is 90.1 Å². The van der Waals surface area contributed by atoms with Crippen LogP contribution in [-0.2, 0) is 11.4 Å². The van der Waals surface area contributed by atoms with Crippen LogP contribution in [0.25, 0.3) is 22.6 Å². The summed E-state index contributed by atoms with van der Waals surface area (Å²) < 4.78 is 5.85. The van der Waals surface area contributed by atoms with Crippen molar-refractivity contribution in [3.63, 3.8) is 0 Å². The number of nitrogens with zero attached hydrogens (tertiary/aromatic N) is 2. The highest BCUT2D eigenvalue weighted by molar-refractivity contribution is 7.10. The van der Waals surface area contributed by atoms with E-state index in [1.165, 1.54) is 11.3 Å². The number of rotatable bonds is 6. The van der Waals surface area contributed by atoms with Gasteiger partial charge in [0.2, 0.25) is 0 Å². The normalized spacial score (nSPS) is 11.4. The van der Waals surface area contributed by atoms with Crippen molar-refractivity contribution in [2.75, 3.05) is 0 Å². The molecule has 2 aromatic heterocycles. The average Bonchev–Trinajstić information content (AvgIpc) is 3.29. The molecule has 1 amide bonds. The van der Waals surface area contributed by atoms with E-state index in [0.29, 0.717) is 17.9 Å². The second-order valence-electron chi connectivity index (χ2n) is 6.24. The molecule has 2 aromatic carbocycles. The van der Waals surface area contributed by atoms with E-state index in [1.54, 1.807) is 17.8 Å². The predicted molar refractivity (Wildman–Crippen MR) is 115 cm³/mol. The van der Waals surface area contributed by atoms with Gasteiger partial charge in [-0.25, -0.2) is 10.8 Å². The number of carbonyl (C=O) groups is 1. The zero-order chi connectivity index (χ0) is 20.1. The number of ether oxygens (including phenoxy) is 1. The van der Waals surface area contributed by atoms with E-state index in [0.717, 1.165) is 27.0 Å². The van der Waals surface area contributed by atoms with Crippen molar-refractivity contribution < 1.29 is 9.53 Å². The minimum absolute atomic E-state index is 0.358. The van der Waals surface area contributed by atoms with Gasteiger partial charge in [-0.2, -0.15) is 0 Å². The highest BCUT2D eigenvalue weighted by Crippen LogP contribution is 2.23. The minimum atomic E-state index is -0.368. The molecular formula is C22H18N4O2S. The summed E-state index contributed by atoms with van der Waals surface area (Å²) in [6.07, 6.45) is 3.46. The van der Waals surface area contributed by atoms with Crippen LogP contribution in [0.2, 0.25) is 0 Å². The Morgan fingerprint density at radius 3 is 2.69 bits per heavy atom. The number of hydrazine groups is 1. The molecule has 4 aromatic rings. The van der Waals surface area contributed by atoms with Crippen molar-refractivity contribution in [2.24, 2.45) is 5.84 Å². The highest BCUT2D eigenvalue weighted by Gasteiger charge is 2.12. The lowest BCUT2D eigenvalue weighted by Gasteiger charge is -2.09. The number of hydrogen-bond acceptors (Lipinski definition) is 6. The first kappa shape index (κ1) is 18.8. The van der Waals surface area contributed by atoms with E-state index >= 15 is 0 Å². The number of carbonyl (C=O) groups excluding carboxylic acids is 1. The van der Waals surface area contributed by atoms with Gasteiger partial charge in [0.15, 0.2) is 0 Å². The van der Waals surface area contributed by atoms with Gasteiger partial charge in [-0.05, 0) is 35.9 Å². The number of fused-ring (bicyclic) bond motifs is 1. The second-order valence-corrected chi connectivity index (χ2v) is 7.16. The molecule has 3 N–H and O–H groups in total. The summed E-state index contributed by atoms with van der Waals surface area (Å²) in [6, 6.07) is 19.2. The maximum absolute atomic E-state index is 12.2. The second kappa shape index (κ2) is 8.64. The van der Waals surface area contributed by atoms with Crippen LogP contribution in [0.3, 0.4) is 0 Å². The van der Waals surface area contributed by atoms with Crippen molar-refractivity contribution in [3.8, 4) is 5.75 Å². The Morgan fingerprint density at radius 2 is 1.93 bits per heavy atom. The molecule has 0 spiro atoms. The molecule has 7 heteroatoms. The van der Waals surface area contributed by atoms with Gasteiger partial charge in [-0.15, -0.1) is 11.3 Å². The molecule has 6 nitrogen and oxygen atoms in total. The lowest BCUT2D eigenvalue weighted by atomic mass is 10.0. The largest absolute Gasteiger partial charge is 0.487 e. The van der Waals surface area contributed by atoms with Crippen molar-refractivity contribution in [2.45, 2.75) is 6.61 Å². The molecule has 144 valence electrons. The molecule has 0 radical (unpaired) electrons. The Balaban J connectivity index is 1.49. The van der Waals surface area contributed by atoms with Crippen LogP contribution in [0.1, 0.15) is 16.1 Å². The van der Waals surface area contributed by atoms with E-state index in [4.69, 9.17) is 10.6 Å². The molecule has 0 saturated carbocycles. The van der Waals surface area contributed by atoms with Gasteiger partial charge in [-0.3, -0.25) is 15.2 Å². The van der Waals surface area contributed by atoms with Crippen LogP contribution in [-0.4, -0.2) is 15.9 Å². The molecule has 0 bridgehead atoms. The summed E-state index contributed by atoms with van der Waals surface area (Å²) in [4.78, 5) is 21.7. The van der Waals surface area contributed by atoms with Gasteiger partial charge in [-0.1, -0.05) is 36.4 Å². The fourth-order valence-electron chi connectivity index (χ4n) is 2.87. The molecule has 0 aliphatic rings. The number of thiazole rings is 1. The Kier molecular flexibility index (Phi) is 5.60. The summed E-state index contributed by atoms with van der Waals surface area (Å²) in [5, 5.41) is 1.10. The van der Waals surface area contributed by atoms with Crippen LogP contribution in [0, 0.1) is 0 Å². The van der Waals surface area contributed by atoms with Crippen LogP contribution in [0.15, 0.2) is 72.4 Å². The number of para-hydroxylation sites is 1. The van der Waals surface area contributed by atoms with Gasteiger partial charge in [0.1, 0.15) is 12.4 Å². The number of nitrogens with two attached hydrogens (primary N) is 1. The third-order valence-electron chi connectivity index (χ3n) is 4.32. The Labute approximate surface area is 171 Å². The molecule has 0 saturated heterocycles. The van der Waals surface area contributed by atoms with Crippen molar-refractivity contribution in [3.05, 3.63) is 88.5 Å². The van der Waals surface area contributed by atoms with E-state index in [2.05, 4.69) is 15.4 Å². The Bertz CT molecular complexity index is 1160. The molecule has 0 aliphatic heterocycles. The summed E-state index contributed by atoms with van der Waals surface area (Å²) >= 11 is 1.44. The first-order valence-corrected chi connectivity index (χ1v) is 9.80. The summed E-state index contributed by atoms with van der Waals surface area (Å²) in [5.74, 6) is 5.66. The number of nitrogens with one attached hydrogen (secondary N) is 1. The first-order chi connectivity index (χ1) is 14.2. The molecule has 4 rings (SSSR count). The van der Waals surface area contributed by atoms with E-state index < -0.39 is 0 Å². The lowest BCUT2D eigenvalue weighted by Crippen LogP contribution is -2.30. The van der Waals surface area contributed by atoms with Crippen molar-refractivity contribution >= 4 is 39.8 Å². The van der Waals surface area contributed by atoms with Crippen molar-refractivity contribution in [1.82, 2.24) is 15.4 Å². The molecular weight excluding hydrogens is 384 g/mol. The molecule has 0 fully saturated rings. The van der Waals surface area contributed by atoms with Crippen LogP contribution in [0.4, 0.5) is 0 Å². The molecule has 0 aliphatic carbocycles. The molecule has 2 heterocycles. The van der Waals surface area contributed by atoms with Gasteiger partial charge < -0.3 is 4.74 Å². The monoisotopic (exact) mass is 402 g/mol. The quantitative estimate of drug-likeness (QED) is 0.222. The number of benzene rings is 2. The minimum Gasteiger partial charge on any atom is -0.487 e. The van der Waals surface area contributed by atoms with E-state index in [-0.39, 0.29) is 5.91 Å². The Morgan fingerprint density at radius 1 is 1.10 bits per heavy atom. The highest BCUT2D eigenvalue weighted by atomic mass is 32.1. The summed E-state index contributed by atoms with van der Waals surface area (Å²) in [7, 11) is 0. The number of amides is 1. The summed E-state index contributed by atoms with van der Waals surface area (Å²) in [6.45, 7) is 0.358. The number of aromatic nitrogens is 2. The number of hydrogen-bond donors (Lipinski definition) is 2. The molecule has 0 atom stereocenters. The van der Waals surface area contributed by atoms with Gasteiger partial charge in [0.05, 0.1) is 16.7 Å². The van der Waals surface area contributed by atoms with Crippen LogP contribution < -0.4 is 16.0 Å². The van der Waals surface area contributed by atoms with Crippen molar-refractivity contribution in [1.29, 1.82) is 0 Å². The fourth-order valence-corrected chi connectivity index (χ4v) is 3.42. The average molecular weight is 402 g/mol. The zero-order valence-electron chi connectivity index (χ0n) is 15.4. The van der Waals surface area contributed by atoms with E-state index in [1.807, 2.05) is 60.7 Å². The predicted octanol–water partition coefficient (Wildman–Crippen LogP) is 3.80. The Hall–Kier alpha value is -3.55. The third kappa shape index (κ3) is 4.48. The fraction of sp³-hybridized carbons (Fsp3) is 0.0455. The SMILES string of the molecule is NNC(=O)/C(=C/c1cncs1)c1ccc(OCc2ccc3ccccc3n2)cc1. The maximum atomic E-state index is 12.2. The van der Waals surface area contributed by atoms with Gasteiger partial charge >= 0.3 is 0 Å². The third-order valence-corrected chi connectivity index (χ3v) is 5.04. The first-order valence-electron chi connectivity index (χ1n) is 8.92. The molecule has 29 heavy (non-hydrogen) atoms. The standard InChI is InChI=1S/C22H18N4O2S/c23-26-22(27)20(11-19-12-24-14-29-19)15-6-9-18(10-7-15)28-13-17-8-5-16-3-1-2-4-21(16)25-17/h1-12,14H,13,23H2,(H,26,27)/b20-11+. The van der Waals surface area contributed by atoms with Gasteiger partial charge in [0, 0.05) is 22.0 Å². The summed E-state index contributed by atoms with van der Waals surface area (Å²) in [5.41, 5.74) is 6.88. The zero-order valence-corrected chi connectivity index (χ0v) is 16.2. The van der Waals surface area contributed by atoms with Crippen LogP contribution in [0.5, 0.6) is 5.75 Å². The molecule has 0 unspecified atom stereocenters. The number of pyridine rings is 1. The smallest absolute Gasteiger partial charge is 0.265 e. The maximum Gasteiger partial charge on any atom is 0.265 e. The van der Waals surface area contributed by atoms with Crippen LogP contribution >= 0.6 is 11.3 Å².